The van der Waals surface area contributed by atoms with E-state index >= 15 is 0 Å². The lowest BCUT2D eigenvalue weighted by Gasteiger charge is -2.34. The molecule has 7 nitrogen and oxygen atoms in total. The highest BCUT2D eigenvalue weighted by atomic mass is 16.4. The predicted octanol–water partition coefficient (Wildman–Crippen LogP) is 2.69. The van der Waals surface area contributed by atoms with Crippen molar-refractivity contribution < 1.29 is 9.52 Å². The Morgan fingerprint density at radius 1 is 1.03 bits per heavy atom. The lowest BCUT2D eigenvalue weighted by molar-refractivity contribution is 0.0378. The maximum Gasteiger partial charge on any atom is 0.191 e. The van der Waals surface area contributed by atoms with Crippen molar-refractivity contribution in [3.05, 3.63) is 59.0 Å². The number of nitrogens with one attached hydrogen (secondary N) is 2. The molecule has 0 amide bonds. The van der Waals surface area contributed by atoms with Crippen molar-refractivity contribution in [1.82, 2.24) is 20.4 Å². The van der Waals surface area contributed by atoms with Crippen LogP contribution in [0.25, 0.3) is 0 Å². The van der Waals surface area contributed by atoms with Crippen molar-refractivity contribution in [3.8, 4) is 0 Å². The first-order valence-corrected chi connectivity index (χ1v) is 11.7. The van der Waals surface area contributed by atoms with Gasteiger partial charge in [0, 0.05) is 39.3 Å². The normalized spacial score (nSPS) is 17.8. The van der Waals surface area contributed by atoms with Gasteiger partial charge < -0.3 is 25.1 Å². The first kappa shape index (κ1) is 24.3. The fraction of sp³-hybridized carbons (Fsp3) is 0.560. The SMILES string of the molecule is CCNC(=NCc1ccccc1CN1CCN(CC)CC1)NCC(C)(O)c1ccc(C)o1. The number of furan rings is 1. The molecule has 2 heterocycles. The fourth-order valence-electron chi connectivity index (χ4n) is 3.94. The van der Waals surface area contributed by atoms with Gasteiger partial charge in [-0.1, -0.05) is 31.2 Å². The van der Waals surface area contributed by atoms with Crippen LogP contribution < -0.4 is 10.6 Å². The maximum absolute atomic E-state index is 10.8. The van der Waals surface area contributed by atoms with Gasteiger partial charge in [0.25, 0.3) is 0 Å². The molecule has 176 valence electrons. The zero-order chi connectivity index (χ0) is 23.0. The van der Waals surface area contributed by atoms with Crippen LogP contribution in [0.4, 0.5) is 0 Å². The van der Waals surface area contributed by atoms with Crippen molar-refractivity contribution in [2.75, 3.05) is 45.8 Å². The van der Waals surface area contributed by atoms with Gasteiger partial charge in [-0.15, -0.1) is 0 Å². The average molecular weight is 442 g/mol. The van der Waals surface area contributed by atoms with E-state index in [1.165, 1.54) is 11.1 Å². The smallest absolute Gasteiger partial charge is 0.191 e. The second kappa shape index (κ2) is 11.5. The lowest BCUT2D eigenvalue weighted by atomic mass is 10.0. The first-order valence-electron chi connectivity index (χ1n) is 11.7. The summed E-state index contributed by atoms with van der Waals surface area (Å²) >= 11 is 0. The summed E-state index contributed by atoms with van der Waals surface area (Å²) in [5.74, 6) is 2.02. The third-order valence-corrected chi connectivity index (χ3v) is 6.05. The van der Waals surface area contributed by atoms with Gasteiger partial charge in [-0.3, -0.25) is 4.90 Å². The summed E-state index contributed by atoms with van der Waals surface area (Å²) in [5, 5.41) is 17.4. The Labute approximate surface area is 192 Å². The van der Waals surface area contributed by atoms with Crippen molar-refractivity contribution in [1.29, 1.82) is 0 Å². The number of rotatable bonds is 9. The van der Waals surface area contributed by atoms with Crippen molar-refractivity contribution in [3.63, 3.8) is 0 Å². The highest BCUT2D eigenvalue weighted by Gasteiger charge is 2.27. The third kappa shape index (κ3) is 6.82. The van der Waals surface area contributed by atoms with E-state index in [9.17, 15) is 5.11 Å². The van der Waals surface area contributed by atoms with Crippen LogP contribution in [0, 0.1) is 6.92 Å². The summed E-state index contributed by atoms with van der Waals surface area (Å²) in [6.45, 7) is 16.1. The molecular weight excluding hydrogens is 402 g/mol. The molecule has 1 aromatic carbocycles. The zero-order valence-corrected chi connectivity index (χ0v) is 20.0. The predicted molar refractivity (Wildman–Crippen MR) is 130 cm³/mol. The quantitative estimate of drug-likeness (QED) is 0.410. The topological polar surface area (TPSA) is 76.3 Å². The molecule has 0 aliphatic carbocycles. The number of benzene rings is 1. The number of hydrogen-bond acceptors (Lipinski definition) is 5. The number of piperazine rings is 1. The molecule has 0 radical (unpaired) electrons. The fourth-order valence-corrected chi connectivity index (χ4v) is 3.94. The lowest BCUT2D eigenvalue weighted by Crippen LogP contribution is -2.45. The molecule has 3 N–H and O–H groups in total. The molecule has 1 aromatic heterocycles. The monoisotopic (exact) mass is 441 g/mol. The van der Waals surface area contributed by atoms with Crippen LogP contribution in [0.15, 0.2) is 45.8 Å². The molecule has 0 bridgehead atoms. The average Bonchev–Trinajstić information content (AvgIpc) is 3.24. The Balaban J connectivity index is 1.62. The van der Waals surface area contributed by atoms with Gasteiger partial charge in [0.15, 0.2) is 5.96 Å². The summed E-state index contributed by atoms with van der Waals surface area (Å²) in [7, 11) is 0. The van der Waals surface area contributed by atoms with Gasteiger partial charge in [-0.2, -0.15) is 0 Å². The highest BCUT2D eigenvalue weighted by Crippen LogP contribution is 2.22. The molecule has 0 spiro atoms. The van der Waals surface area contributed by atoms with Crippen LogP contribution in [-0.4, -0.2) is 66.7 Å². The van der Waals surface area contributed by atoms with Gasteiger partial charge in [0.2, 0.25) is 0 Å². The molecule has 7 heteroatoms. The summed E-state index contributed by atoms with van der Waals surface area (Å²) < 4.78 is 5.61. The Morgan fingerprint density at radius 2 is 1.72 bits per heavy atom. The van der Waals surface area contributed by atoms with E-state index in [-0.39, 0.29) is 0 Å². The molecule has 2 aromatic rings. The molecular formula is C25H39N5O2. The van der Waals surface area contributed by atoms with E-state index in [1.807, 2.05) is 26.0 Å². The molecule has 1 aliphatic rings. The number of aliphatic imine (C=N–C) groups is 1. The minimum Gasteiger partial charge on any atom is -0.463 e. The molecule has 1 aliphatic heterocycles. The second-order valence-electron chi connectivity index (χ2n) is 8.71. The van der Waals surface area contributed by atoms with E-state index in [0.717, 1.165) is 51.6 Å². The van der Waals surface area contributed by atoms with E-state index in [1.54, 1.807) is 6.92 Å². The van der Waals surface area contributed by atoms with E-state index in [4.69, 9.17) is 9.41 Å². The van der Waals surface area contributed by atoms with Crippen LogP contribution in [-0.2, 0) is 18.7 Å². The van der Waals surface area contributed by atoms with E-state index < -0.39 is 5.60 Å². The Morgan fingerprint density at radius 3 is 2.34 bits per heavy atom. The van der Waals surface area contributed by atoms with Crippen LogP contribution in [0.1, 0.15) is 43.4 Å². The van der Waals surface area contributed by atoms with Crippen LogP contribution in [0.2, 0.25) is 0 Å². The van der Waals surface area contributed by atoms with E-state index in [0.29, 0.717) is 24.8 Å². The molecule has 32 heavy (non-hydrogen) atoms. The molecule has 1 saturated heterocycles. The summed E-state index contributed by atoms with van der Waals surface area (Å²) in [5.41, 5.74) is 1.44. The van der Waals surface area contributed by atoms with Gasteiger partial charge in [-0.05, 0) is 50.6 Å². The molecule has 1 fully saturated rings. The molecule has 1 unspecified atom stereocenters. The minimum absolute atomic E-state index is 0.301. The van der Waals surface area contributed by atoms with Gasteiger partial charge in [0.05, 0.1) is 13.1 Å². The number of aliphatic hydroxyl groups is 1. The summed E-state index contributed by atoms with van der Waals surface area (Å²) in [4.78, 5) is 9.82. The first-order chi connectivity index (χ1) is 15.4. The summed E-state index contributed by atoms with van der Waals surface area (Å²) in [6, 6.07) is 12.2. The maximum atomic E-state index is 10.8. The standard InChI is InChI=1S/C25H39N5O2/c1-5-26-24(28-19-25(4,31)23-12-11-20(3)32-23)27-17-21-9-7-8-10-22(21)18-30-15-13-29(6-2)14-16-30/h7-12,31H,5-6,13-19H2,1-4H3,(H2,26,27,28). The van der Waals surface area contributed by atoms with Crippen molar-refractivity contribution in [2.45, 2.75) is 46.4 Å². The number of hydrogen-bond donors (Lipinski definition) is 3. The van der Waals surface area contributed by atoms with Gasteiger partial charge >= 0.3 is 0 Å². The van der Waals surface area contributed by atoms with Crippen LogP contribution in [0.5, 0.6) is 0 Å². The summed E-state index contributed by atoms with van der Waals surface area (Å²) in [6.07, 6.45) is 0. The largest absolute Gasteiger partial charge is 0.463 e. The molecule has 1 atom stereocenters. The van der Waals surface area contributed by atoms with Gasteiger partial charge in [-0.25, -0.2) is 4.99 Å². The van der Waals surface area contributed by atoms with Crippen LogP contribution >= 0.6 is 0 Å². The van der Waals surface area contributed by atoms with Crippen molar-refractivity contribution in [2.24, 2.45) is 4.99 Å². The Hall–Kier alpha value is -2.35. The zero-order valence-electron chi connectivity index (χ0n) is 20.0. The number of guanidine groups is 1. The number of aryl methyl sites for hydroxylation is 1. The van der Waals surface area contributed by atoms with Crippen molar-refractivity contribution >= 4 is 5.96 Å². The minimum atomic E-state index is -1.12. The molecule has 3 rings (SSSR count). The van der Waals surface area contributed by atoms with Crippen LogP contribution in [0.3, 0.4) is 0 Å². The number of nitrogens with zero attached hydrogens (tertiary/aromatic N) is 3. The van der Waals surface area contributed by atoms with E-state index in [2.05, 4.69) is 51.6 Å². The second-order valence-corrected chi connectivity index (χ2v) is 8.71. The highest BCUT2D eigenvalue weighted by molar-refractivity contribution is 5.79. The van der Waals surface area contributed by atoms with Gasteiger partial charge in [0.1, 0.15) is 17.1 Å². The third-order valence-electron chi connectivity index (χ3n) is 6.05. The number of likely N-dealkylation sites (N-methyl/N-ethyl adjacent to an activating group) is 1. The molecule has 0 saturated carbocycles. The Kier molecular flexibility index (Phi) is 8.73. The Bertz CT molecular complexity index is 869.